The van der Waals surface area contributed by atoms with Gasteiger partial charge in [-0.3, -0.25) is 0 Å². The van der Waals surface area contributed by atoms with Gasteiger partial charge in [0.05, 0.1) is 0 Å². The van der Waals surface area contributed by atoms with E-state index in [9.17, 15) is 13.2 Å². The molecule has 1 atom stereocenters. The lowest BCUT2D eigenvalue weighted by atomic mass is 10.0. The van der Waals surface area contributed by atoms with Crippen LogP contribution in [0.15, 0.2) is 0 Å². The SMILES string of the molecule is CC(C)C(CN(C)C)Nc1nc(C(F)(F)F)ns1. The second kappa shape index (κ2) is 5.83. The van der Waals surface area contributed by atoms with Crippen molar-refractivity contribution in [2.45, 2.75) is 26.1 Å². The summed E-state index contributed by atoms with van der Waals surface area (Å²) in [5.74, 6) is -0.798. The summed E-state index contributed by atoms with van der Waals surface area (Å²) in [6, 6.07) is 0.0361. The van der Waals surface area contributed by atoms with Crippen LogP contribution in [0.4, 0.5) is 18.3 Å². The molecule has 8 heteroatoms. The third-order valence-electron chi connectivity index (χ3n) is 2.36. The van der Waals surface area contributed by atoms with Crippen molar-refractivity contribution in [3.8, 4) is 0 Å². The van der Waals surface area contributed by atoms with Crippen molar-refractivity contribution >= 4 is 16.7 Å². The molecule has 0 aliphatic heterocycles. The maximum absolute atomic E-state index is 12.4. The van der Waals surface area contributed by atoms with Gasteiger partial charge in [0.15, 0.2) is 0 Å². The van der Waals surface area contributed by atoms with E-state index in [1.54, 1.807) is 0 Å². The quantitative estimate of drug-likeness (QED) is 0.901. The summed E-state index contributed by atoms with van der Waals surface area (Å²) in [6.07, 6.45) is -4.48. The highest BCUT2D eigenvalue weighted by Crippen LogP contribution is 2.29. The van der Waals surface area contributed by atoms with Gasteiger partial charge in [-0.25, -0.2) is 0 Å². The number of nitrogens with zero attached hydrogens (tertiary/aromatic N) is 3. The predicted octanol–water partition coefficient (Wildman–Crippen LogP) is 2.56. The zero-order chi connectivity index (χ0) is 13.9. The van der Waals surface area contributed by atoms with Crippen LogP contribution in [0.2, 0.25) is 0 Å². The zero-order valence-electron chi connectivity index (χ0n) is 10.7. The monoisotopic (exact) mass is 282 g/mol. The third-order valence-corrected chi connectivity index (χ3v) is 3.00. The van der Waals surface area contributed by atoms with Crippen LogP contribution in [0.3, 0.4) is 0 Å². The second-order valence-corrected chi connectivity index (χ2v) is 5.43. The molecule has 0 amide bonds. The van der Waals surface area contributed by atoms with Crippen LogP contribution in [0.25, 0.3) is 0 Å². The van der Waals surface area contributed by atoms with E-state index in [4.69, 9.17) is 0 Å². The van der Waals surface area contributed by atoms with Crippen molar-refractivity contribution in [2.24, 2.45) is 5.92 Å². The highest BCUT2D eigenvalue weighted by atomic mass is 32.1. The van der Waals surface area contributed by atoms with Gasteiger partial charge in [-0.2, -0.15) is 22.5 Å². The molecule has 18 heavy (non-hydrogen) atoms. The molecular formula is C10H17F3N4S. The van der Waals surface area contributed by atoms with Crippen molar-refractivity contribution in [3.05, 3.63) is 5.82 Å². The normalized spacial score (nSPS) is 14.3. The van der Waals surface area contributed by atoms with E-state index in [0.717, 1.165) is 18.1 Å². The van der Waals surface area contributed by atoms with Crippen molar-refractivity contribution in [1.82, 2.24) is 14.3 Å². The molecule has 0 aliphatic rings. The zero-order valence-corrected chi connectivity index (χ0v) is 11.6. The molecule has 0 saturated heterocycles. The molecule has 104 valence electrons. The molecule has 1 aromatic rings. The van der Waals surface area contributed by atoms with Crippen LogP contribution in [0.5, 0.6) is 0 Å². The number of likely N-dealkylation sites (N-methyl/N-ethyl adjacent to an activating group) is 1. The lowest BCUT2D eigenvalue weighted by Gasteiger charge is -2.25. The molecule has 4 nitrogen and oxygen atoms in total. The van der Waals surface area contributed by atoms with Crippen molar-refractivity contribution in [3.63, 3.8) is 0 Å². The minimum Gasteiger partial charge on any atom is -0.356 e. The highest BCUT2D eigenvalue weighted by molar-refractivity contribution is 7.09. The number of hydrogen-bond acceptors (Lipinski definition) is 5. The van der Waals surface area contributed by atoms with Crippen molar-refractivity contribution in [2.75, 3.05) is 26.0 Å². The van der Waals surface area contributed by atoms with Gasteiger partial charge in [0.1, 0.15) is 0 Å². The van der Waals surface area contributed by atoms with E-state index >= 15 is 0 Å². The van der Waals surface area contributed by atoms with Gasteiger partial charge in [-0.05, 0) is 20.0 Å². The average Bonchev–Trinajstić information content (AvgIpc) is 2.63. The largest absolute Gasteiger partial charge is 0.452 e. The first-order valence-corrected chi connectivity index (χ1v) is 6.29. The molecule has 0 aliphatic carbocycles. The number of anilines is 1. The Morgan fingerprint density at radius 3 is 2.33 bits per heavy atom. The van der Waals surface area contributed by atoms with Gasteiger partial charge in [-0.15, -0.1) is 0 Å². The molecule has 0 radical (unpaired) electrons. The minimum absolute atomic E-state index is 0.0361. The Balaban J connectivity index is 2.73. The molecule has 1 rings (SSSR count). The van der Waals surface area contributed by atoms with Crippen LogP contribution >= 0.6 is 11.5 Å². The van der Waals surface area contributed by atoms with Crippen LogP contribution < -0.4 is 5.32 Å². The Kier molecular flexibility index (Phi) is 4.92. The van der Waals surface area contributed by atoms with Crippen LogP contribution in [-0.2, 0) is 6.18 Å². The topological polar surface area (TPSA) is 41.0 Å². The van der Waals surface area contributed by atoms with Gasteiger partial charge in [0, 0.05) is 24.1 Å². The molecule has 1 N–H and O–H groups in total. The Bertz CT molecular complexity index is 375. The standard InChI is InChI=1S/C10H17F3N4S/c1-6(2)7(5-17(3)4)14-9-15-8(16-18-9)10(11,12)13/h6-7H,5H2,1-4H3,(H,14,15,16). The molecule has 1 aromatic heterocycles. The van der Waals surface area contributed by atoms with E-state index in [1.165, 1.54) is 0 Å². The van der Waals surface area contributed by atoms with Gasteiger partial charge < -0.3 is 10.2 Å². The van der Waals surface area contributed by atoms with Gasteiger partial charge in [-0.1, -0.05) is 13.8 Å². The first-order chi connectivity index (χ1) is 8.20. The molecule has 1 heterocycles. The predicted molar refractivity (Wildman–Crippen MR) is 65.7 cm³/mol. The first-order valence-electron chi connectivity index (χ1n) is 5.52. The summed E-state index contributed by atoms with van der Waals surface area (Å²) < 4.78 is 40.4. The molecule has 0 bridgehead atoms. The number of halogens is 3. The summed E-state index contributed by atoms with van der Waals surface area (Å²) in [6.45, 7) is 4.73. The van der Waals surface area contributed by atoms with E-state index in [1.807, 2.05) is 32.8 Å². The molecular weight excluding hydrogens is 265 g/mol. The number of hydrogen-bond donors (Lipinski definition) is 1. The molecule has 0 aromatic carbocycles. The second-order valence-electron chi connectivity index (χ2n) is 4.68. The average molecular weight is 282 g/mol. The number of alkyl halides is 3. The Labute approximate surface area is 108 Å². The van der Waals surface area contributed by atoms with Crippen LogP contribution in [0, 0.1) is 5.92 Å². The van der Waals surface area contributed by atoms with E-state index in [0.29, 0.717) is 0 Å². The third kappa shape index (κ3) is 4.41. The summed E-state index contributed by atoms with van der Waals surface area (Å²) >= 11 is 0.738. The van der Waals surface area contributed by atoms with E-state index in [2.05, 4.69) is 14.7 Å². The first kappa shape index (κ1) is 15.2. The van der Waals surface area contributed by atoms with Gasteiger partial charge in [0.25, 0.3) is 0 Å². The number of aromatic nitrogens is 2. The minimum atomic E-state index is -4.48. The maximum Gasteiger partial charge on any atom is 0.452 e. The molecule has 0 spiro atoms. The molecule has 0 fully saturated rings. The Morgan fingerprint density at radius 2 is 1.94 bits per heavy atom. The van der Waals surface area contributed by atoms with E-state index < -0.39 is 12.0 Å². The fourth-order valence-electron chi connectivity index (χ4n) is 1.37. The lowest BCUT2D eigenvalue weighted by Crippen LogP contribution is -2.36. The molecule has 1 unspecified atom stereocenters. The molecule has 0 saturated carbocycles. The maximum atomic E-state index is 12.4. The fourth-order valence-corrected chi connectivity index (χ4v) is 2.02. The van der Waals surface area contributed by atoms with Crippen LogP contribution in [-0.4, -0.2) is 40.9 Å². The smallest absolute Gasteiger partial charge is 0.356 e. The van der Waals surface area contributed by atoms with Gasteiger partial charge in [0.2, 0.25) is 11.0 Å². The summed E-state index contributed by atoms with van der Waals surface area (Å²) in [5.41, 5.74) is 0. The summed E-state index contributed by atoms with van der Waals surface area (Å²) in [4.78, 5) is 5.44. The fraction of sp³-hybridized carbons (Fsp3) is 0.800. The summed E-state index contributed by atoms with van der Waals surface area (Å²) in [5, 5.41) is 3.22. The number of nitrogens with one attached hydrogen (secondary N) is 1. The van der Waals surface area contributed by atoms with E-state index in [-0.39, 0.29) is 17.1 Å². The lowest BCUT2D eigenvalue weighted by molar-refractivity contribution is -0.144. The Hall–Kier alpha value is -0.890. The van der Waals surface area contributed by atoms with Crippen LogP contribution in [0.1, 0.15) is 19.7 Å². The van der Waals surface area contributed by atoms with Crippen molar-refractivity contribution < 1.29 is 13.2 Å². The van der Waals surface area contributed by atoms with Gasteiger partial charge >= 0.3 is 6.18 Å². The summed E-state index contributed by atoms with van der Waals surface area (Å²) in [7, 11) is 3.83. The number of rotatable bonds is 5. The Morgan fingerprint density at radius 1 is 1.33 bits per heavy atom. The van der Waals surface area contributed by atoms with Crippen molar-refractivity contribution in [1.29, 1.82) is 0 Å². The highest BCUT2D eigenvalue weighted by Gasteiger charge is 2.36.